The van der Waals surface area contributed by atoms with E-state index < -0.39 is 0 Å². The van der Waals surface area contributed by atoms with Gasteiger partial charge in [0.2, 0.25) is 0 Å². The first kappa shape index (κ1) is 13.1. The maximum Gasteiger partial charge on any atom is 0.0626 e. The SMILES string of the molecule is CN1C2CCC1CC(N[C@H](CO)c1ccccc1)C2. The van der Waals surface area contributed by atoms with E-state index in [-0.39, 0.29) is 12.6 Å². The van der Waals surface area contributed by atoms with Crippen LogP contribution in [0, 0.1) is 0 Å². The van der Waals surface area contributed by atoms with Crippen LogP contribution in [0.5, 0.6) is 0 Å². The van der Waals surface area contributed by atoms with Crippen LogP contribution in [0.15, 0.2) is 30.3 Å². The number of fused-ring (bicyclic) bond motifs is 2. The first-order chi connectivity index (χ1) is 9.28. The summed E-state index contributed by atoms with van der Waals surface area (Å²) in [5, 5.41) is 13.3. The highest BCUT2D eigenvalue weighted by Gasteiger charge is 2.38. The number of aliphatic hydroxyl groups excluding tert-OH is 1. The Balaban J connectivity index is 1.65. The quantitative estimate of drug-likeness (QED) is 0.868. The standard InChI is InChI=1S/C16H24N2O/c1-18-14-7-8-15(18)10-13(9-14)17-16(11-19)12-5-3-2-4-6-12/h2-6,13-17,19H,7-11H2,1H3/t13?,14?,15?,16-/m1/s1. The largest absolute Gasteiger partial charge is 0.394 e. The summed E-state index contributed by atoms with van der Waals surface area (Å²) in [5.74, 6) is 0. The third-order valence-electron chi connectivity index (χ3n) is 4.92. The Morgan fingerprint density at radius 3 is 2.42 bits per heavy atom. The topological polar surface area (TPSA) is 35.5 Å². The second kappa shape index (κ2) is 5.61. The maximum absolute atomic E-state index is 9.64. The van der Waals surface area contributed by atoms with Crippen molar-refractivity contribution in [3.8, 4) is 0 Å². The molecule has 0 spiro atoms. The van der Waals surface area contributed by atoms with Gasteiger partial charge in [-0.25, -0.2) is 0 Å². The van der Waals surface area contributed by atoms with Gasteiger partial charge in [0.25, 0.3) is 0 Å². The molecule has 19 heavy (non-hydrogen) atoms. The molecule has 0 aliphatic carbocycles. The highest BCUT2D eigenvalue weighted by Crippen LogP contribution is 2.34. The van der Waals surface area contributed by atoms with Gasteiger partial charge in [-0.2, -0.15) is 0 Å². The van der Waals surface area contributed by atoms with Crippen molar-refractivity contribution in [3.05, 3.63) is 35.9 Å². The van der Waals surface area contributed by atoms with Gasteiger partial charge in [-0.15, -0.1) is 0 Å². The molecule has 0 saturated carbocycles. The van der Waals surface area contributed by atoms with Gasteiger partial charge < -0.3 is 15.3 Å². The summed E-state index contributed by atoms with van der Waals surface area (Å²) in [6.07, 6.45) is 5.12. The number of piperidine rings is 1. The van der Waals surface area contributed by atoms with Crippen LogP contribution >= 0.6 is 0 Å². The molecule has 2 unspecified atom stereocenters. The molecule has 2 N–H and O–H groups in total. The minimum Gasteiger partial charge on any atom is -0.394 e. The summed E-state index contributed by atoms with van der Waals surface area (Å²) < 4.78 is 0. The second-order valence-electron chi connectivity index (χ2n) is 6.03. The zero-order valence-corrected chi connectivity index (χ0v) is 11.6. The lowest BCUT2D eigenvalue weighted by molar-refractivity contribution is 0.133. The molecule has 104 valence electrons. The van der Waals surface area contributed by atoms with E-state index in [2.05, 4.69) is 29.4 Å². The van der Waals surface area contributed by atoms with E-state index in [0.29, 0.717) is 6.04 Å². The van der Waals surface area contributed by atoms with Gasteiger partial charge in [0, 0.05) is 18.1 Å². The van der Waals surface area contributed by atoms with Crippen LogP contribution in [0.25, 0.3) is 0 Å². The number of nitrogens with one attached hydrogen (secondary N) is 1. The smallest absolute Gasteiger partial charge is 0.0626 e. The number of hydrogen-bond donors (Lipinski definition) is 2. The van der Waals surface area contributed by atoms with Crippen LogP contribution in [0.3, 0.4) is 0 Å². The molecule has 0 amide bonds. The first-order valence-electron chi connectivity index (χ1n) is 7.41. The summed E-state index contributed by atoms with van der Waals surface area (Å²) in [4.78, 5) is 2.55. The van der Waals surface area contributed by atoms with E-state index >= 15 is 0 Å². The Morgan fingerprint density at radius 2 is 1.84 bits per heavy atom. The van der Waals surface area contributed by atoms with Crippen LogP contribution in [0.4, 0.5) is 0 Å². The summed E-state index contributed by atoms with van der Waals surface area (Å²) in [5.41, 5.74) is 1.19. The molecule has 1 aromatic rings. The van der Waals surface area contributed by atoms with E-state index in [1.807, 2.05) is 18.2 Å². The molecule has 2 bridgehead atoms. The molecule has 3 heteroatoms. The van der Waals surface area contributed by atoms with Gasteiger partial charge in [0.15, 0.2) is 0 Å². The van der Waals surface area contributed by atoms with Crippen molar-refractivity contribution in [1.29, 1.82) is 0 Å². The highest BCUT2D eigenvalue weighted by atomic mass is 16.3. The number of benzene rings is 1. The monoisotopic (exact) mass is 260 g/mol. The first-order valence-corrected chi connectivity index (χ1v) is 7.41. The second-order valence-corrected chi connectivity index (χ2v) is 6.03. The zero-order chi connectivity index (χ0) is 13.2. The molecule has 0 radical (unpaired) electrons. The minimum atomic E-state index is 0.0778. The average Bonchev–Trinajstić information content (AvgIpc) is 2.67. The van der Waals surface area contributed by atoms with Crippen molar-refractivity contribution >= 4 is 0 Å². The molecule has 3 atom stereocenters. The summed E-state index contributed by atoms with van der Waals surface area (Å²) in [7, 11) is 2.26. The normalized spacial score (nSPS) is 32.4. The predicted molar refractivity (Wildman–Crippen MR) is 77.0 cm³/mol. The van der Waals surface area contributed by atoms with Gasteiger partial charge in [0.1, 0.15) is 0 Å². The summed E-state index contributed by atoms with van der Waals surface area (Å²) >= 11 is 0. The van der Waals surface area contributed by atoms with E-state index in [1.165, 1.54) is 31.2 Å². The van der Waals surface area contributed by atoms with Crippen molar-refractivity contribution in [2.24, 2.45) is 0 Å². The number of aliphatic hydroxyl groups is 1. The van der Waals surface area contributed by atoms with Crippen molar-refractivity contribution in [3.63, 3.8) is 0 Å². The molecule has 2 aliphatic rings. The molecule has 2 aliphatic heterocycles. The van der Waals surface area contributed by atoms with Gasteiger partial charge in [-0.05, 0) is 38.3 Å². The summed E-state index contributed by atoms with van der Waals surface area (Å²) in [6, 6.07) is 12.4. The van der Waals surface area contributed by atoms with E-state index in [0.717, 1.165) is 12.1 Å². The Labute approximate surface area is 115 Å². The van der Waals surface area contributed by atoms with Crippen molar-refractivity contribution in [1.82, 2.24) is 10.2 Å². The van der Waals surface area contributed by atoms with Gasteiger partial charge in [0.05, 0.1) is 12.6 Å². The molecule has 3 nitrogen and oxygen atoms in total. The van der Waals surface area contributed by atoms with Crippen molar-refractivity contribution in [2.75, 3.05) is 13.7 Å². The zero-order valence-electron chi connectivity index (χ0n) is 11.6. The molecule has 3 rings (SSSR count). The van der Waals surface area contributed by atoms with E-state index in [1.54, 1.807) is 0 Å². The van der Waals surface area contributed by atoms with Gasteiger partial charge >= 0.3 is 0 Å². The fourth-order valence-corrected chi connectivity index (χ4v) is 3.77. The third-order valence-corrected chi connectivity index (χ3v) is 4.92. The molecular weight excluding hydrogens is 236 g/mol. The third kappa shape index (κ3) is 2.69. The van der Waals surface area contributed by atoms with Crippen molar-refractivity contribution in [2.45, 2.75) is 49.9 Å². The Bertz CT molecular complexity index is 394. The number of nitrogens with zero attached hydrogens (tertiary/aromatic N) is 1. The Hall–Kier alpha value is -0.900. The molecule has 0 aromatic heterocycles. The average molecular weight is 260 g/mol. The fraction of sp³-hybridized carbons (Fsp3) is 0.625. The molecule has 2 saturated heterocycles. The summed E-state index contributed by atoms with van der Waals surface area (Å²) in [6.45, 7) is 0.172. The Kier molecular flexibility index (Phi) is 3.87. The van der Waals surface area contributed by atoms with Gasteiger partial charge in [-0.1, -0.05) is 30.3 Å². The van der Waals surface area contributed by atoms with E-state index in [4.69, 9.17) is 0 Å². The van der Waals surface area contributed by atoms with Crippen LogP contribution in [0.2, 0.25) is 0 Å². The van der Waals surface area contributed by atoms with Crippen LogP contribution in [-0.4, -0.2) is 41.8 Å². The predicted octanol–water partition coefficient (Wildman–Crippen LogP) is 1.93. The highest BCUT2D eigenvalue weighted by molar-refractivity contribution is 5.19. The molecule has 2 fully saturated rings. The lowest BCUT2D eigenvalue weighted by Gasteiger charge is -2.38. The number of rotatable bonds is 4. The van der Waals surface area contributed by atoms with Crippen molar-refractivity contribution < 1.29 is 5.11 Å². The van der Waals surface area contributed by atoms with Gasteiger partial charge in [-0.3, -0.25) is 0 Å². The fourth-order valence-electron chi connectivity index (χ4n) is 3.77. The van der Waals surface area contributed by atoms with E-state index in [9.17, 15) is 5.11 Å². The maximum atomic E-state index is 9.64. The lowest BCUT2D eigenvalue weighted by Crippen LogP contribution is -2.48. The lowest BCUT2D eigenvalue weighted by atomic mass is 9.96. The molecular formula is C16H24N2O. The van der Waals surface area contributed by atoms with Crippen LogP contribution < -0.4 is 5.32 Å². The van der Waals surface area contributed by atoms with Crippen LogP contribution in [0.1, 0.15) is 37.3 Å². The molecule has 1 aromatic carbocycles. The number of hydrogen-bond acceptors (Lipinski definition) is 3. The van der Waals surface area contributed by atoms with Crippen LogP contribution in [-0.2, 0) is 0 Å². The molecule has 2 heterocycles. The minimum absolute atomic E-state index is 0.0778. The Morgan fingerprint density at radius 1 is 1.21 bits per heavy atom.